The predicted octanol–water partition coefficient (Wildman–Crippen LogP) is -0.242. The van der Waals surface area contributed by atoms with Crippen LogP contribution in [0, 0.1) is 0 Å². The van der Waals surface area contributed by atoms with E-state index in [0.29, 0.717) is 5.38 Å². The lowest BCUT2D eigenvalue weighted by molar-refractivity contribution is -0.857. The van der Waals surface area contributed by atoms with Crippen LogP contribution in [0.3, 0.4) is 0 Å². The Hall–Kier alpha value is 0.250. The summed E-state index contributed by atoms with van der Waals surface area (Å²) >= 11 is 5.65. The maximum Gasteiger partial charge on any atom is 0.0930 e. The minimum Gasteiger partial charge on any atom is -0.339 e. The molecule has 0 saturated carbocycles. The summed E-state index contributed by atoms with van der Waals surface area (Å²) in [6.45, 7) is 3.05. The van der Waals surface area contributed by atoms with Gasteiger partial charge in [0.25, 0.3) is 0 Å². The summed E-state index contributed by atoms with van der Waals surface area (Å²) in [5.74, 6) is 0. The minimum atomic E-state index is 0.310. The number of rotatable bonds is 2. The van der Waals surface area contributed by atoms with E-state index in [1.807, 2.05) is 6.92 Å². The largest absolute Gasteiger partial charge is 0.339 e. The smallest absolute Gasteiger partial charge is 0.0930 e. The molecule has 0 aromatic carbocycles. The fraction of sp³-hybridized carbons (Fsp3) is 1.00. The molecular formula is C5H13ClN+. The van der Waals surface area contributed by atoms with Crippen molar-refractivity contribution in [3.8, 4) is 0 Å². The number of alkyl halides is 1. The second-order valence-corrected chi connectivity index (χ2v) is 2.94. The van der Waals surface area contributed by atoms with Crippen molar-refractivity contribution in [3.05, 3.63) is 0 Å². The van der Waals surface area contributed by atoms with Crippen LogP contribution in [0.4, 0.5) is 0 Å². The molecule has 0 aliphatic carbocycles. The van der Waals surface area contributed by atoms with E-state index >= 15 is 0 Å². The summed E-state index contributed by atoms with van der Waals surface area (Å²) < 4.78 is 0. The predicted molar refractivity (Wildman–Crippen MR) is 33.0 cm³/mol. The third kappa shape index (κ3) is 6.25. The Bertz CT molecular complexity index is 37.3. The normalized spacial score (nSPS) is 15.0. The zero-order valence-corrected chi connectivity index (χ0v) is 5.92. The molecule has 2 heteroatoms. The number of hydrogen-bond acceptors (Lipinski definition) is 0. The first-order valence-corrected chi connectivity index (χ1v) is 2.99. The Morgan fingerprint density at radius 2 is 2.00 bits per heavy atom. The first-order chi connectivity index (χ1) is 3.13. The van der Waals surface area contributed by atoms with Crippen LogP contribution in [-0.4, -0.2) is 26.0 Å². The van der Waals surface area contributed by atoms with Crippen LogP contribution in [0.15, 0.2) is 0 Å². The molecule has 0 aromatic heterocycles. The van der Waals surface area contributed by atoms with Crippen molar-refractivity contribution < 1.29 is 4.90 Å². The Labute approximate surface area is 50.3 Å². The van der Waals surface area contributed by atoms with E-state index in [-0.39, 0.29) is 0 Å². The molecule has 0 fully saturated rings. The molecule has 0 bridgehead atoms. The van der Waals surface area contributed by atoms with Gasteiger partial charge in [-0.05, 0) is 6.92 Å². The Kier molecular flexibility index (Phi) is 3.39. The summed E-state index contributed by atoms with van der Waals surface area (Å²) in [5, 5.41) is 0.310. The van der Waals surface area contributed by atoms with Gasteiger partial charge in [-0.25, -0.2) is 0 Å². The molecule has 0 aliphatic heterocycles. The Morgan fingerprint density at radius 1 is 1.57 bits per heavy atom. The maximum absolute atomic E-state index is 5.65. The lowest BCUT2D eigenvalue weighted by Crippen LogP contribution is -3.06. The molecule has 0 amide bonds. The first-order valence-electron chi connectivity index (χ1n) is 2.56. The highest BCUT2D eigenvalue weighted by Gasteiger charge is 1.98. The summed E-state index contributed by atoms with van der Waals surface area (Å²) in [6, 6.07) is 0. The third-order valence-corrected chi connectivity index (χ3v) is 0.844. The van der Waals surface area contributed by atoms with Crippen molar-refractivity contribution in [2.75, 3.05) is 20.6 Å². The molecule has 44 valence electrons. The standard InChI is InChI=1S/C5H12ClN/c1-5(6)4-7(2)3/h5H,4H2,1-3H3/p+1. The molecule has 0 aromatic rings. The molecule has 1 unspecified atom stereocenters. The molecule has 0 rings (SSSR count). The number of nitrogens with one attached hydrogen (secondary N) is 1. The van der Waals surface area contributed by atoms with Gasteiger partial charge in [0.15, 0.2) is 0 Å². The van der Waals surface area contributed by atoms with Crippen molar-refractivity contribution in [3.63, 3.8) is 0 Å². The SMILES string of the molecule is CC(Cl)C[NH+](C)C. The molecule has 0 aliphatic rings. The minimum absolute atomic E-state index is 0.310. The van der Waals surface area contributed by atoms with Gasteiger partial charge in [-0.2, -0.15) is 0 Å². The van der Waals surface area contributed by atoms with Crippen molar-refractivity contribution in [2.24, 2.45) is 0 Å². The number of hydrogen-bond donors (Lipinski definition) is 1. The van der Waals surface area contributed by atoms with Crippen molar-refractivity contribution >= 4 is 11.6 Å². The second-order valence-electron chi connectivity index (χ2n) is 2.19. The average Bonchev–Trinajstić information content (AvgIpc) is 1.27. The number of halogens is 1. The molecule has 1 N–H and O–H groups in total. The van der Waals surface area contributed by atoms with Crippen molar-refractivity contribution in [1.82, 2.24) is 0 Å². The lowest BCUT2D eigenvalue weighted by atomic mass is 10.4. The Balaban J connectivity index is 2.95. The third-order valence-electron chi connectivity index (χ3n) is 0.690. The molecule has 1 nitrogen and oxygen atoms in total. The van der Waals surface area contributed by atoms with Crippen LogP contribution in [0.5, 0.6) is 0 Å². The van der Waals surface area contributed by atoms with Gasteiger partial charge in [-0.3, -0.25) is 0 Å². The highest BCUT2D eigenvalue weighted by atomic mass is 35.5. The van der Waals surface area contributed by atoms with Crippen molar-refractivity contribution in [1.29, 1.82) is 0 Å². The molecule has 0 radical (unpaired) electrons. The lowest BCUT2D eigenvalue weighted by Gasteiger charge is -2.06. The summed E-state index contributed by atoms with van der Waals surface area (Å²) in [6.07, 6.45) is 0. The molecule has 1 atom stereocenters. The van der Waals surface area contributed by atoms with E-state index < -0.39 is 0 Å². The van der Waals surface area contributed by atoms with Crippen LogP contribution in [-0.2, 0) is 0 Å². The molecule has 0 saturated heterocycles. The first kappa shape index (κ1) is 7.25. The van der Waals surface area contributed by atoms with Gasteiger partial charge in [-0.1, -0.05) is 0 Å². The highest BCUT2D eigenvalue weighted by Crippen LogP contribution is 1.84. The summed E-state index contributed by atoms with van der Waals surface area (Å²) in [5.41, 5.74) is 0. The molecular weight excluding hydrogens is 110 g/mol. The molecule has 0 spiro atoms. The fourth-order valence-electron chi connectivity index (χ4n) is 0.563. The van der Waals surface area contributed by atoms with E-state index in [1.165, 1.54) is 4.90 Å². The van der Waals surface area contributed by atoms with Gasteiger partial charge in [0.05, 0.1) is 26.0 Å². The molecule has 7 heavy (non-hydrogen) atoms. The van der Waals surface area contributed by atoms with Crippen LogP contribution >= 0.6 is 11.6 Å². The fourth-order valence-corrected chi connectivity index (χ4v) is 0.871. The van der Waals surface area contributed by atoms with Crippen LogP contribution in [0.1, 0.15) is 6.92 Å². The van der Waals surface area contributed by atoms with Gasteiger partial charge in [0.1, 0.15) is 0 Å². The summed E-state index contributed by atoms with van der Waals surface area (Å²) in [4.78, 5) is 1.41. The maximum atomic E-state index is 5.65. The summed E-state index contributed by atoms with van der Waals surface area (Å²) in [7, 11) is 4.19. The monoisotopic (exact) mass is 122 g/mol. The van der Waals surface area contributed by atoms with Crippen LogP contribution < -0.4 is 4.90 Å². The highest BCUT2D eigenvalue weighted by molar-refractivity contribution is 6.20. The Morgan fingerprint density at radius 3 is 2.00 bits per heavy atom. The van der Waals surface area contributed by atoms with E-state index in [1.54, 1.807) is 0 Å². The van der Waals surface area contributed by atoms with E-state index in [2.05, 4.69) is 14.1 Å². The van der Waals surface area contributed by atoms with E-state index in [4.69, 9.17) is 11.6 Å². The van der Waals surface area contributed by atoms with Gasteiger partial charge in [-0.15, -0.1) is 11.6 Å². The van der Waals surface area contributed by atoms with Crippen molar-refractivity contribution in [2.45, 2.75) is 12.3 Å². The van der Waals surface area contributed by atoms with Crippen LogP contribution in [0.25, 0.3) is 0 Å². The number of quaternary nitrogens is 1. The quantitative estimate of drug-likeness (QED) is 0.483. The second kappa shape index (κ2) is 3.28. The van der Waals surface area contributed by atoms with Gasteiger partial charge in [0.2, 0.25) is 0 Å². The topological polar surface area (TPSA) is 4.44 Å². The zero-order valence-electron chi connectivity index (χ0n) is 5.16. The van der Waals surface area contributed by atoms with Crippen LogP contribution in [0.2, 0.25) is 0 Å². The van der Waals surface area contributed by atoms with Gasteiger partial charge in [0, 0.05) is 0 Å². The van der Waals surface area contributed by atoms with E-state index in [9.17, 15) is 0 Å². The zero-order chi connectivity index (χ0) is 5.86. The van der Waals surface area contributed by atoms with Gasteiger partial charge >= 0.3 is 0 Å². The van der Waals surface area contributed by atoms with E-state index in [0.717, 1.165) is 6.54 Å². The molecule has 0 heterocycles. The average molecular weight is 123 g/mol. The van der Waals surface area contributed by atoms with Gasteiger partial charge < -0.3 is 4.90 Å².